The van der Waals surface area contributed by atoms with Crippen molar-refractivity contribution in [2.45, 2.75) is 25.3 Å². The van der Waals surface area contributed by atoms with Gasteiger partial charge in [0.05, 0.1) is 9.92 Å². The molecule has 1 fully saturated rings. The zero-order chi connectivity index (χ0) is 18.0. The van der Waals surface area contributed by atoms with Gasteiger partial charge in [-0.05, 0) is 42.7 Å². The Morgan fingerprint density at radius 3 is 2.52 bits per heavy atom. The second-order valence-corrected chi connectivity index (χ2v) is 8.73. The van der Waals surface area contributed by atoms with Crippen molar-refractivity contribution < 1.29 is 8.42 Å². The SMILES string of the molecule is Cc1ccc(C)c(S(=O)(=O)N2CCN(Cc3ccncc3Cl)CC2)c1. The van der Waals surface area contributed by atoms with Crippen LogP contribution < -0.4 is 0 Å². The summed E-state index contributed by atoms with van der Waals surface area (Å²) in [4.78, 5) is 6.63. The van der Waals surface area contributed by atoms with Crippen molar-refractivity contribution in [2.75, 3.05) is 26.2 Å². The predicted molar refractivity (Wildman–Crippen MR) is 99.2 cm³/mol. The van der Waals surface area contributed by atoms with Gasteiger partial charge in [0, 0.05) is 45.1 Å². The van der Waals surface area contributed by atoms with Gasteiger partial charge in [0.25, 0.3) is 0 Å². The van der Waals surface area contributed by atoms with Crippen LogP contribution in [0.15, 0.2) is 41.6 Å². The van der Waals surface area contributed by atoms with Crippen LogP contribution in [-0.2, 0) is 16.6 Å². The minimum absolute atomic E-state index is 0.415. The van der Waals surface area contributed by atoms with Crippen molar-refractivity contribution in [2.24, 2.45) is 0 Å². The molecule has 3 rings (SSSR count). The molecule has 1 saturated heterocycles. The second kappa shape index (κ2) is 7.41. The predicted octanol–water partition coefficient (Wildman–Crippen LogP) is 2.86. The average molecular weight is 380 g/mol. The Kier molecular flexibility index (Phi) is 5.43. The summed E-state index contributed by atoms with van der Waals surface area (Å²) in [5, 5.41) is 0.646. The molecule has 25 heavy (non-hydrogen) atoms. The van der Waals surface area contributed by atoms with E-state index in [1.807, 2.05) is 32.0 Å². The molecular weight excluding hydrogens is 358 g/mol. The first kappa shape index (κ1) is 18.3. The highest BCUT2D eigenvalue weighted by Gasteiger charge is 2.29. The lowest BCUT2D eigenvalue weighted by atomic mass is 10.2. The Morgan fingerprint density at radius 1 is 1.12 bits per heavy atom. The van der Waals surface area contributed by atoms with E-state index < -0.39 is 10.0 Å². The van der Waals surface area contributed by atoms with Crippen LogP contribution in [0.4, 0.5) is 0 Å². The molecule has 0 N–H and O–H groups in total. The normalized spacial score (nSPS) is 16.9. The number of pyridine rings is 1. The number of halogens is 1. The summed E-state index contributed by atoms with van der Waals surface area (Å²) in [5.41, 5.74) is 2.76. The van der Waals surface area contributed by atoms with Crippen LogP contribution in [0.25, 0.3) is 0 Å². The van der Waals surface area contributed by atoms with E-state index in [1.54, 1.807) is 22.8 Å². The molecule has 0 bridgehead atoms. The van der Waals surface area contributed by atoms with E-state index in [0.29, 0.717) is 42.6 Å². The third-order valence-electron chi connectivity index (χ3n) is 4.54. The van der Waals surface area contributed by atoms with Crippen molar-refractivity contribution in [3.63, 3.8) is 0 Å². The molecule has 0 aliphatic carbocycles. The van der Waals surface area contributed by atoms with Gasteiger partial charge in [-0.15, -0.1) is 0 Å². The molecule has 2 aromatic rings. The molecule has 0 spiro atoms. The van der Waals surface area contributed by atoms with Crippen molar-refractivity contribution in [3.8, 4) is 0 Å². The Hall–Kier alpha value is -1.47. The van der Waals surface area contributed by atoms with Gasteiger partial charge in [-0.3, -0.25) is 9.88 Å². The van der Waals surface area contributed by atoms with Gasteiger partial charge in [-0.25, -0.2) is 8.42 Å². The number of nitrogens with zero attached hydrogens (tertiary/aromatic N) is 3. The first-order valence-electron chi connectivity index (χ1n) is 8.26. The fourth-order valence-electron chi connectivity index (χ4n) is 3.03. The van der Waals surface area contributed by atoms with Crippen LogP contribution in [0.2, 0.25) is 5.02 Å². The summed E-state index contributed by atoms with van der Waals surface area (Å²) < 4.78 is 27.5. The molecule has 0 amide bonds. The maximum Gasteiger partial charge on any atom is 0.243 e. The molecule has 7 heteroatoms. The third-order valence-corrected chi connectivity index (χ3v) is 6.92. The van der Waals surface area contributed by atoms with Gasteiger partial charge in [0.15, 0.2) is 0 Å². The van der Waals surface area contributed by atoms with Gasteiger partial charge < -0.3 is 0 Å². The van der Waals surface area contributed by atoms with E-state index in [1.165, 1.54) is 0 Å². The molecule has 0 atom stereocenters. The quantitative estimate of drug-likeness (QED) is 0.819. The molecule has 0 radical (unpaired) electrons. The average Bonchev–Trinajstić information content (AvgIpc) is 2.59. The Bertz CT molecular complexity index is 862. The standard InChI is InChI=1S/C18H22ClN3O2S/c1-14-3-4-15(2)18(11-14)25(23,24)22-9-7-21(8-10-22)13-16-5-6-20-12-17(16)19/h3-6,11-12H,7-10,13H2,1-2H3. The van der Waals surface area contributed by atoms with Crippen molar-refractivity contribution in [1.82, 2.24) is 14.2 Å². The number of rotatable bonds is 4. The minimum atomic E-state index is -3.45. The van der Waals surface area contributed by atoms with Gasteiger partial charge in [0.2, 0.25) is 10.0 Å². The fraction of sp³-hybridized carbons (Fsp3) is 0.389. The summed E-state index contributed by atoms with van der Waals surface area (Å²) in [6.07, 6.45) is 3.36. The molecule has 1 aromatic carbocycles. The smallest absolute Gasteiger partial charge is 0.243 e. The van der Waals surface area contributed by atoms with Gasteiger partial charge in [0.1, 0.15) is 0 Å². The Labute approximate surface area is 154 Å². The largest absolute Gasteiger partial charge is 0.296 e. The van der Waals surface area contributed by atoms with Crippen LogP contribution in [-0.4, -0.2) is 48.8 Å². The van der Waals surface area contributed by atoms with E-state index >= 15 is 0 Å². The van der Waals surface area contributed by atoms with Crippen LogP contribution >= 0.6 is 11.6 Å². The van der Waals surface area contributed by atoms with Crippen molar-refractivity contribution in [3.05, 3.63) is 58.4 Å². The number of piperazine rings is 1. The van der Waals surface area contributed by atoms with E-state index in [9.17, 15) is 8.42 Å². The monoisotopic (exact) mass is 379 g/mol. The summed E-state index contributed by atoms with van der Waals surface area (Å²) in [6.45, 7) is 6.80. The molecule has 134 valence electrons. The molecule has 1 aliphatic rings. The lowest BCUT2D eigenvalue weighted by molar-refractivity contribution is 0.181. The summed E-state index contributed by atoms with van der Waals surface area (Å²) >= 11 is 6.16. The molecule has 1 aliphatic heterocycles. The van der Waals surface area contributed by atoms with Crippen LogP contribution in [0.5, 0.6) is 0 Å². The Balaban J connectivity index is 1.69. The summed E-state index contributed by atoms with van der Waals surface area (Å²) in [5.74, 6) is 0. The lowest BCUT2D eigenvalue weighted by Gasteiger charge is -2.34. The zero-order valence-electron chi connectivity index (χ0n) is 14.4. The van der Waals surface area contributed by atoms with Gasteiger partial charge >= 0.3 is 0 Å². The van der Waals surface area contributed by atoms with Crippen LogP contribution in [0.3, 0.4) is 0 Å². The number of hydrogen-bond acceptors (Lipinski definition) is 4. The van der Waals surface area contributed by atoms with E-state index in [0.717, 1.165) is 16.7 Å². The zero-order valence-corrected chi connectivity index (χ0v) is 16.0. The highest BCUT2D eigenvalue weighted by molar-refractivity contribution is 7.89. The molecular formula is C18H22ClN3O2S. The third kappa shape index (κ3) is 4.03. The first-order valence-corrected chi connectivity index (χ1v) is 10.1. The first-order chi connectivity index (χ1) is 11.9. The van der Waals surface area contributed by atoms with E-state index in [2.05, 4.69) is 9.88 Å². The maximum absolute atomic E-state index is 13.0. The number of hydrogen-bond donors (Lipinski definition) is 0. The highest BCUT2D eigenvalue weighted by Crippen LogP contribution is 2.23. The van der Waals surface area contributed by atoms with Crippen molar-refractivity contribution >= 4 is 21.6 Å². The van der Waals surface area contributed by atoms with Gasteiger partial charge in [-0.2, -0.15) is 4.31 Å². The molecule has 2 heterocycles. The van der Waals surface area contributed by atoms with Crippen molar-refractivity contribution in [1.29, 1.82) is 0 Å². The molecule has 1 aromatic heterocycles. The maximum atomic E-state index is 13.0. The van der Waals surface area contributed by atoms with Crippen LogP contribution in [0.1, 0.15) is 16.7 Å². The second-order valence-electron chi connectivity index (χ2n) is 6.42. The number of aromatic nitrogens is 1. The van der Waals surface area contributed by atoms with Gasteiger partial charge in [-0.1, -0.05) is 23.7 Å². The lowest BCUT2D eigenvalue weighted by Crippen LogP contribution is -2.48. The van der Waals surface area contributed by atoms with E-state index in [-0.39, 0.29) is 0 Å². The number of aryl methyl sites for hydroxylation is 2. The molecule has 5 nitrogen and oxygen atoms in total. The highest BCUT2D eigenvalue weighted by atomic mass is 35.5. The summed E-state index contributed by atoms with van der Waals surface area (Å²) in [7, 11) is -3.45. The number of sulfonamides is 1. The summed E-state index contributed by atoms with van der Waals surface area (Å²) in [6, 6.07) is 7.46. The molecule has 0 unspecified atom stereocenters. The number of benzene rings is 1. The topological polar surface area (TPSA) is 53.5 Å². The Morgan fingerprint density at radius 2 is 1.84 bits per heavy atom. The van der Waals surface area contributed by atoms with E-state index in [4.69, 9.17) is 11.6 Å². The minimum Gasteiger partial charge on any atom is -0.296 e. The van der Waals surface area contributed by atoms with Crippen LogP contribution in [0, 0.1) is 13.8 Å². The molecule has 0 saturated carbocycles. The fourth-order valence-corrected chi connectivity index (χ4v) is 4.94.